The highest BCUT2D eigenvalue weighted by Crippen LogP contribution is 2.12. The Morgan fingerprint density at radius 1 is 1.47 bits per heavy atom. The predicted molar refractivity (Wildman–Crippen MR) is 60.6 cm³/mol. The van der Waals surface area contributed by atoms with Gasteiger partial charge in [-0.1, -0.05) is 11.3 Å². The first kappa shape index (κ1) is 15.1. The van der Waals surface area contributed by atoms with Crippen LogP contribution in [0.4, 0.5) is 23.1 Å². The second-order valence-electron chi connectivity index (χ2n) is 3.40. The minimum absolute atomic E-state index is 0.209. The van der Waals surface area contributed by atoms with Gasteiger partial charge in [0.05, 0.1) is 0 Å². The third-order valence-electron chi connectivity index (χ3n) is 1.78. The van der Waals surface area contributed by atoms with Gasteiger partial charge in [0.25, 0.3) is 0 Å². The van der Waals surface area contributed by atoms with E-state index in [1.165, 1.54) is 12.4 Å². The SMILES string of the molecule is C[C@H](NC(=O)Nc1nncs1)C(=O)NCC(F)(F)F. The van der Waals surface area contributed by atoms with Crippen molar-refractivity contribution in [2.75, 3.05) is 11.9 Å². The molecule has 3 N–H and O–H groups in total. The number of carbonyl (C=O) groups excluding carboxylic acids is 2. The minimum Gasteiger partial charge on any atom is -0.345 e. The summed E-state index contributed by atoms with van der Waals surface area (Å²) in [7, 11) is 0. The maximum Gasteiger partial charge on any atom is 0.405 e. The van der Waals surface area contributed by atoms with E-state index in [9.17, 15) is 22.8 Å². The molecule has 19 heavy (non-hydrogen) atoms. The molecule has 0 aliphatic rings. The molecular formula is C8H10F3N5O2S. The third-order valence-corrected chi connectivity index (χ3v) is 2.39. The quantitative estimate of drug-likeness (QED) is 0.763. The van der Waals surface area contributed by atoms with Crippen molar-refractivity contribution in [3.05, 3.63) is 5.51 Å². The Balaban J connectivity index is 2.35. The summed E-state index contributed by atoms with van der Waals surface area (Å²) < 4.78 is 35.6. The molecule has 0 saturated heterocycles. The van der Waals surface area contributed by atoms with Crippen molar-refractivity contribution in [1.82, 2.24) is 20.8 Å². The molecule has 106 valence electrons. The molecule has 0 radical (unpaired) electrons. The number of nitrogens with one attached hydrogen (secondary N) is 3. The summed E-state index contributed by atoms with van der Waals surface area (Å²) in [6.07, 6.45) is -4.50. The smallest absolute Gasteiger partial charge is 0.345 e. The molecule has 0 aliphatic heterocycles. The molecule has 1 aromatic heterocycles. The molecule has 0 aromatic carbocycles. The predicted octanol–water partition coefficient (Wildman–Crippen LogP) is 0.727. The number of urea groups is 1. The van der Waals surface area contributed by atoms with E-state index >= 15 is 0 Å². The molecule has 1 aromatic rings. The fraction of sp³-hybridized carbons (Fsp3) is 0.500. The fourth-order valence-corrected chi connectivity index (χ4v) is 1.40. The van der Waals surface area contributed by atoms with Crippen LogP contribution in [0.1, 0.15) is 6.92 Å². The van der Waals surface area contributed by atoms with Gasteiger partial charge in [-0.15, -0.1) is 10.2 Å². The van der Waals surface area contributed by atoms with Crippen LogP contribution in [0.3, 0.4) is 0 Å². The molecule has 0 saturated carbocycles. The number of halogens is 3. The average Bonchev–Trinajstić information content (AvgIpc) is 2.77. The number of nitrogens with zero attached hydrogens (tertiary/aromatic N) is 2. The van der Waals surface area contributed by atoms with Crippen LogP contribution in [0.15, 0.2) is 5.51 Å². The molecule has 0 bridgehead atoms. The van der Waals surface area contributed by atoms with Crippen LogP contribution >= 0.6 is 11.3 Å². The highest BCUT2D eigenvalue weighted by atomic mass is 32.1. The van der Waals surface area contributed by atoms with Crippen LogP contribution in [0.25, 0.3) is 0 Å². The first-order valence-corrected chi connectivity index (χ1v) is 5.84. The molecule has 3 amide bonds. The highest BCUT2D eigenvalue weighted by molar-refractivity contribution is 7.13. The first-order valence-electron chi connectivity index (χ1n) is 4.96. The van der Waals surface area contributed by atoms with Gasteiger partial charge in [-0.05, 0) is 6.92 Å². The van der Waals surface area contributed by atoms with E-state index in [1.54, 1.807) is 5.32 Å². The topological polar surface area (TPSA) is 96.0 Å². The maximum absolute atomic E-state index is 11.9. The van der Waals surface area contributed by atoms with Crippen LogP contribution in [-0.4, -0.2) is 40.9 Å². The van der Waals surface area contributed by atoms with E-state index in [2.05, 4.69) is 20.8 Å². The summed E-state index contributed by atoms with van der Waals surface area (Å²) >= 11 is 1.06. The Bertz CT molecular complexity index is 436. The summed E-state index contributed by atoms with van der Waals surface area (Å²) in [6, 6.07) is -1.87. The van der Waals surface area contributed by atoms with Crippen molar-refractivity contribution in [2.45, 2.75) is 19.1 Å². The summed E-state index contributed by atoms with van der Waals surface area (Å²) in [6.45, 7) is -0.193. The second kappa shape index (κ2) is 6.31. The molecule has 7 nitrogen and oxygen atoms in total. The average molecular weight is 297 g/mol. The number of alkyl halides is 3. The molecule has 11 heteroatoms. The molecule has 0 fully saturated rings. The van der Waals surface area contributed by atoms with E-state index in [1.807, 2.05) is 0 Å². The van der Waals surface area contributed by atoms with Gasteiger partial charge in [0.15, 0.2) is 0 Å². The van der Waals surface area contributed by atoms with Gasteiger partial charge in [-0.3, -0.25) is 10.1 Å². The minimum atomic E-state index is -4.50. The van der Waals surface area contributed by atoms with E-state index < -0.39 is 30.7 Å². The molecule has 1 atom stereocenters. The van der Waals surface area contributed by atoms with Gasteiger partial charge >= 0.3 is 12.2 Å². The Kier molecular flexibility index (Phi) is 5.03. The zero-order valence-electron chi connectivity index (χ0n) is 9.61. The van der Waals surface area contributed by atoms with E-state index in [0.717, 1.165) is 11.3 Å². The number of hydrogen-bond acceptors (Lipinski definition) is 5. The first-order chi connectivity index (χ1) is 8.78. The van der Waals surface area contributed by atoms with Crippen molar-refractivity contribution in [2.24, 2.45) is 0 Å². The van der Waals surface area contributed by atoms with E-state index in [0.29, 0.717) is 0 Å². The lowest BCUT2D eigenvalue weighted by molar-refractivity contribution is -0.139. The van der Waals surface area contributed by atoms with Gasteiger partial charge in [0.2, 0.25) is 11.0 Å². The van der Waals surface area contributed by atoms with Crippen molar-refractivity contribution in [1.29, 1.82) is 0 Å². The molecule has 0 aliphatic carbocycles. The van der Waals surface area contributed by atoms with Crippen LogP contribution < -0.4 is 16.0 Å². The van der Waals surface area contributed by atoms with Gasteiger partial charge < -0.3 is 10.6 Å². The molecule has 0 unspecified atom stereocenters. The number of anilines is 1. The maximum atomic E-state index is 11.9. The van der Waals surface area contributed by atoms with Gasteiger partial charge in [-0.25, -0.2) is 4.79 Å². The monoisotopic (exact) mass is 297 g/mol. The highest BCUT2D eigenvalue weighted by Gasteiger charge is 2.29. The summed E-state index contributed by atoms with van der Waals surface area (Å²) in [5.74, 6) is -0.940. The number of rotatable bonds is 4. The summed E-state index contributed by atoms with van der Waals surface area (Å²) in [5.41, 5.74) is 1.38. The van der Waals surface area contributed by atoms with Crippen molar-refractivity contribution in [3.63, 3.8) is 0 Å². The normalized spacial score (nSPS) is 12.6. The molecule has 1 heterocycles. The molecular weight excluding hydrogens is 287 g/mol. The van der Waals surface area contributed by atoms with Gasteiger partial charge in [0, 0.05) is 0 Å². The Morgan fingerprint density at radius 3 is 2.68 bits per heavy atom. The fourth-order valence-electron chi connectivity index (χ4n) is 0.963. The van der Waals surface area contributed by atoms with Crippen LogP contribution in [0.2, 0.25) is 0 Å². The number of carbonyl (C=O) groups is 2. The Hall–Kier alpha value is -1.91. The van der Waals surface area contributed by atoms with Crippen LogP contribution in [-0.2, 0) is 4.79 Å². The lowest BCUT2D eigenvalue weighted by Crippen LogP contribution is -2.48. The molecule has 0 spiro atoms. The summed E-state index contributed by atoms with van der Waals surface area (Å²) in [4.78, 5) is 22.6. The summed E-state index contributed by atoms with van der Waals surface area (Å²) in [5, 5.41) is 13.3. The van der Waals surface area contributed by atoms with Gasteiger partial charge in [-0.2, -0.15) is 13.2 Å². The number of hydrogen-bond donors (Lipinski definition) is 3. The van der Waals surface area contributed by atoms with Crippen LogP contribution in [0, 0.1) is 0 Å². The van der Waals surface area contributed by atoms with E-state index in [4.69, 9.17) is 0 Å². The van der Waals surface area contributed by atoms with Gasteiger partial charge in [0.1, 0.15) is 18.1 Å². The largest absolute Gasteiger partial charge is 0.405 e. The van der Waals surface area contributed by atoms with Crippen LogP contribution in [0.5, 0.6) is 0 Å². The van der Waals surface area contributed by atoms with E-state index in [-0.39, 0.29) is 5.13 Å². The zero-order valence-corrected chi connectivity index (χ0v) is 10.4. The van der Waals surface area contributed by atoms with Crippen molar-refractivity contribution < 1.29 is 22.8 Å². The Labute approximate surface area is 109 Å². The van der Waals surface area contributed by atoms with Crippen molar-refractivity contribution in [3.8, 4) is 0 Å². The second-order valence-corrected chi connectivity index (χ2v) is 4.23. The number of aromatic nitrogens is 2. The standard InChI is InChI=1S/C8H10F3N5O2S/c1-4(5(17)12-2-8(9,10)11)14-6(18)15-7-16-13-3-19-7/h3-4H,2H2,1H3,(H,12,17)(H2,14,15,16,18)/t4-/m0/s1. The van der Waals surface area contributed by atoms with Crippen molar-refractivity contribution >= 4 is 28.4 Å². The number of amides is 3. The lowest BCUT2D eigenvalue weighted by Gasteiger charge is -2.14. The zero-order chi connectivity index (χ0) is 14.5. The Morgan fingerprint density at radius 2 is 2.16 bits per heavy atom. The lowest BCUT2D eigenvalue weighted by atomic mass is 10.3. The molecule has 1 rings (SSSR count). The third kappa shape index (κ3) is 5.99.